The van der Waals surface area contributed by atoms with Gasteiger partial charge in [0.1, 0.15) is 18.2 Å². The number of nitrogens with one attached hydrogen (secondary N) is 2. The molecule has 2 atom stereocenters. The van der Waals surface area contributed by atoms with Crippen LogP contribution in [0.5, 0.6) is 5.75 Å². The summed E-state index contributed by atoms with van der Waals surface area (Å²) < 4.78 is 19.8. The van der Waals surface area contributed by atoms with E-state index < -0.39 is 41.4 Å². The lowest BCUT2D eigenvalue weighted by Gasteiger charge is -2.33. The fourth-order valence-electron chi connectivity index (χ4n) is 4.33. The fraction of sp³-hybridized carbons (Fsp3) is 0.148. The van der Waals surface area contributed by atoms with Crippen LogP contribution < -0.4 is 20.3 Å². The van der Waals surface area contributed by atoms with Crippen LogP contribution in [0, 0.1) is 11.7 Å². The topological polar surface area (TPSA) is 118 Å². The van der Waals surface area contributed by atoms with Gasteiger partial charge in [-0.25, -0.2) is 14.1 Å². The molecule has 11 heteroatoms. The molecule has 2 N–H and O–H groups in total. The summed E-state index contributed by atoms with van der Waals surface area (Å²) in [5.74, 6) is -4.14. The van der Waals surface area contributed by atoms with Gasteiger partial charge < -0.3 is 10.1 Å². The van der Waals surface area contributed by atoms with E-state index in [-0.39, 0.29) is 35.2 Å². The van der Waals surface area contributed by atoms with Crippen molar-refractivity contribution in [2.24, 2.45) is 5.92 Å². The SMILES string of the molecule is O=C1NCC(C2=CC(c3cc(Cl)cc(OCc4ccccc4F)c3)C(=O)N(c3cccnc3)C2=O)C(=O)N1. The Morgan fingerprint density at radius 2 is 1.89 bits per heavy atom. The van der Waals surface area contributed by atoms with Crippen molar-refractivity contribution < 1.29 is 28.3 Å². The van der Waals surface area contributed by atoms with E-state index in [0.29, 0.717) is 11.1 Å². The monoisotopic (exact) mass is 534 g/mol. The summed E-state index contributed by atoms with van der Waals surface area (Å²) in [4.78, 5) is 56.3. The first-order valence-corrected chi connectivity index (χ1v) is 11.9. The number of carbonyl (C=O) groups is 4. The largest absolute Gasteiger partial charge is 0.489 e. The van der Waals surface area contributed by atoms with E-state index >= 15 is 0 Å². The van der Waals surface area contributed by atoms with E-state index in [2.05, 4.69) is 15.6 Å². The molecule has 2 unspecified atom stereocenters. The van der Waals surface area contributed by atoms with Crippen LogP contribution in [0.15, 0.2) is 78.6 Å². The predicted molar refractivity (Wildman–Crippen MR) is 135 cm³/mol. The summed E-state index contributed by atoms with van der Waals surface area (Å²) in [6.45, 7) is -0.190. The minimum Gasteiger partial charge on any atom is -0.489 e. The van der Waals surface area contributed by atoms with Crippen molar-refractivity contribution in [2.75, 3.05) is 11.4 Å². The molecule has 2 aliphatic heterocycles. The molecule has 0 aliphatic carbocycles. The molecule has 1 fully saturated rings. The molecular weight excluding hydrogens is 515 g/mol. The molecule has 9 nitrogen and oxygen atoms in total. The first-order valence-electron chi connectivity index (χ1n) is 11.6. The number of anilines is 1. The summed E-state index contributed by atoms with van der Waals surface area (Å²) in [6.07, 6.45) is 4.27. The molecule has 2 aromatic carbocycles. The van der Waals surface area contributed by atoms with Gasteiger partial charge in [0, 0.05) is 28.9 Å². The molecule has 1 aromatic heterocycles. The number of ether oxygens (including phenoxy) is 1. The molecule has 38 heavy (non-hydrogen) atoms. The van der Waals surface area contributed by atoms with Crippen LogP contribution in [0.3, 0.4) is 0 Å². The van der Waals surface area contributed by atoms with Crippen LogP contribution >= 0.6 is 11.6 Å². The number of benzene rings is 2. The van der Waals surface area contributed by atoms with Gasteiger partial charge in [0.05, 0.1) is 23.7 Å². The molecule has 0 bridgehead atoms. The lowest BCUT2D eigenvalue weighted by atomic mass is 9.85. The number of rotatable bonds is 6. The lowest BCUT2D eigenvalue weighted by molar-refractivity contribution is -0.129. The summed E-state index contributed by atoms with van der Waals surface area (Å²) in [7, 11) is 0. The van der Waals surface area contributed by atoms with Crippen LogP contribution in [0.25, 0.3) is 0 Å². The van der Waals surface area contributed by atoms with Crippen molar-refractivity contribution in [2.45, 2.75) is 12.5 Å². The van der Waals surface area contributed by atoms with E-state index in [1.807, 2.05) is 0 Å². The normalized spacial score (nSPS) is 19.5. The fourth-order valence-corrected chi connectivity index (χ4v) is 4.56. The number of nitrogens with zero attached hydrogens (tertiary/aromatic N) is 2. The zero-order chi connectivity index (χ0) is 26.8. The maximum absolute atomic E-state index is 14.0. The number of urea groups is 1. The Kier molecular flexibility index (Phi) is 6.89. The predicted octanol–water partition coefficient (Wildman–Crippen LogP) is 3.49. The van der Waals surface area contributed by atoms with Crippen molar-refractivity contribution >= 4 is 41.0 Å². The Bertz CT molecular complexity index is 1480. The molecule has 0 radical (unpaired) electrons. The Balaban J connectivity index is 1.53. The first-order chi connectivity index (χ1) is 18.3. The standard InChI is InChI=1S/C27H20ClFN4O5/c28-17-8-16(9-19(10-17)38-14-15-4-1-2-6-23(15)29)20-11-21(22-13-31-27(37)32-24(22)34)26(36)33(25(20)35)18-5-3-7-30-12-18/h1-12,20,22H,13-14H2,(H2,31,32,34,37). The van der Waals surface area contributed by atoms with E-state index in [4.69, 9.17) is 16.3 Å². The quantitative estimate of drug-likeness (QED) is 0.467. The number of hydrogen-bond donors (Lipinski definition) is 2. The molecule has 3 heterocycles. The zero-order valence-electron chi connectivity index (χ0n) is 19.7. The second kappa shape index (κ2) is 10.4. The highest BCUT2D eigenvalue weighted by Gasteiger charge is 2.43. The van der Waals surface area contributed by atoms with Crippen LogP contribution in [0.1, 0.15) is 17.0 Å². The smallest absolute Gasteiger partial charge is 0.321 e. The van der Waals surface area contributed by atoms with Gasteiger partial charge in [-0.15, -0.1) is 0 Å². The Labute approximate surface area is 221 Å². The molecule has 0 saturated carbocycles. The van der Waals surface area contributed by atoms with Gasteiger partial charge >= 0.3 is 6.03 Å². The summed E-state index contributed by atoms with van der Waals surface area (Å²) in [5.41, 5.74) is 0.981. The molecule has 1 saturated heterocycles. The maximum atomic E-state index is 14.0. The highest BCUT2D eigenvalue weighted by Crippen LogP contribution is 2.36. The molecule has 192 valence electrons. The van der Waals surface area contributed by atoms with E-state index in [1.165, 1.54) is 30.6 Å². The van der Waals surface area contributed by atoms with Gasteiger partial charge in [-0.2, -0.15) is 0 Å². The Hall–Kier alpha value is -4.57. The number of hydrogen-bond acceptors (Lipinski definition) is 6. The second-order valence-electron chi connectivity index (χ2n) is 8.64. The van der Waals surface area contributed by atoms with Crippen LogP contribution in [0.4, 0.5) is 14.9 Å². The van der Waals surface area contributed by atoms with Crippen LogP contribution in [-0.2, 0) is 21.0 Å². The van der Waals surface area contributed by atoms with E-state index in [0.717, 1.165) is 4.90 Å². The molecule has 0 spiro atoms. The number of halogens is 2. The number of carbonyl (C=O) groups excluding carboxylic acids is 4. The molecular formula is C27H20ClFN4O5. The van der Waals surface area contributed by atoms with Crippen molar-refractivity contribution in [3.63, 3.8) is 0 Å². The van der Waals surface area contributed by atoms with Crippen molar-refractivity contribution in [1.29, 1.82) is 0 Å². The average molecular weight is 535 g/mol. The average Bonchev–Trinajstić information content (AvgIpc) is 2.89. The lowest BCUT2D eigenvalue weighted by Crippen LogP contribution is -2.55. The minimum absolute atomic E-state index is 0.0322. The van der Waals surface area contributed by atoms with Crippen molar-refractivity contribution in [3.8, 4) is 5.75 Å². The molecule has 5 amide bonds. The summed E-state index contributed by atoms with van der Waals surface area (Å²) in [6, 6.07) is 13.3. The maximum Gasteiger partial charge on any atom is 0.321 e. The third kappa shape index (κ3) is 4.98. The number of amides is 5. The van der Waals surface area contributed by atoms with Gasteiger partial charge in [-0.1, -0.05) is 35.9 Å². The number of aromatic nitrogens is 1. The minimum atomic E-state index is -1.03. The van der Waals surface area contributed by atoms with Crippen molar-refractivity contribution in [1.82, 2.24) is 15.6 Å². The van der Waals surface area contributed by atoms with E-state index in [1.54, 1.807) is 42.5 Å². The summed E-state index contributed by atoms with van der Waals surface area (Å²) >= 11 is 6.35. The molecule has 5 rings (SSSR count). The molecule has 3 aromatic rings. The Morgan fingerprint density at radius 3 is 2.63 bits per heavy atom. The zero-order valence-corrected chi connectivity index (χ0v) is 20.4. The third-order valence-electron chi connectivity index (χ3n) is 6.19. The second-order valence-corrected chi connectivity index (χ2v) is 9.08. The summed E-state index contributed by atoms with van der Waals surface area (Å²) in [5, 5.41) is 4.91. The van der Waals surface area contributed by atoms with Crippen LogP contribution in [0.2, 0.25) is 5.02 Å². The van der Waals surface area contributed by atoms with Gasteiger partial charge in [0.2, 0.25) is 11.8 Å². The Morgan fingerprint density at radius 1 is 1.08 bits per heavy atom. The third-order valence-corrected chi connectivity index (χ3v) is 6.41. The van der Waals surface area contributed by atoms with Gasteiger partial charge in [0.15, 0.2) is 0 Å². The van der Waals surface area contributed by atoms with E-state index in [9.17, 15) is 23.6 Å². The first kappa shape index (κ1) is 25.1. The van der Waals surface area contributed by atoms with Gasteiger partial charge in [-0.3, -0.25) is 24.7 Å². The number of imide groups is 2. The highest BCUT2D eigenvalue weighted by molar-refractivity contribution is 6.31. The van der Waals surface area contributed by atoms with Gasteiger partial charge in [-0.05, 0) is 42.0 Å². The highest BCUT2D eigenvalue weighted by atomic mass is 35.5. The van der Waals surface area contributed by atoms with Crippen molar-refractivity contribution in [3.05, 3.63) is 101 Å². The molecule has 2 aliphatic rings. The van der Waals surface area contributed by atoms with Gasteiger partial charge in [0.25, 0.3) is 5.91 Å². The number of pyridine rings is 1. The van der Waals surface area contributed by atoms with Crippen LogP contribution in [-0.4, -0.2) is 35.3 Å².